The molecule has 1 aromatic rings. The van der Waals surface area contributed by atoms with E-state index >= 15 is 0 Å². The second-order valence-electron chi connectivity index (χ2n) is 3.99. The monoisotopic (exact) mass is 210 g/mol. The summed E-state index contributed by atoms with van der Waals surface area (Å²) in [4.78, 5) is 2.30. The van der Waals surface area contributed by atoms with Crippen molar-refractivity contribution < 1.29 is 0 Å². The summed E-state index contributed by atoms with van der Waals surface area (Å²) in [5.41, 5.74) is 2.36. The average Bonchev–Trinajstić information content (AvgIpc) is 2.45. The standard InChI is InChI=1S/C11H22N4/c1-5-12-6-7-14(3)9-11-8-10(2)13-15(11)4/h8,12H,5-7,9H2,1-4H3. The van der Waals surface area contributed by atoms with Crippen molar-refractivity contribution in [2.75, 3.05) is 26.7 Å². The molecular formula is C11H22N4. The molecule has 1 aromatic heterocycles. The van der Waals surface area contributed by atoms with Gasteiger partial charge in [-0.05, 0) is 26.6 Å². The van der Waals surface area contributed by atoms with Crippen LogP contribution in [-0.4, -0.2) is 41.4 Å². The van der Waals surface area contributed by atoms with Gasteiger partial charge in [0.25, 0.3) is 0 Å². The van der Waals surface area contributed by atoms with Gasteiger partial charge in [0.1, 0.15) is 0 Å². The number of aryl methyl sites for hydroxylation is 2. The van der Waals surface area contributed by atoms with Crippen LogP contribution in [0.4, 0.5) is 0 Å². The topological polar surface area (TPSA) is 33.1 Å². The quantitative estimate of drug-likeness (QED) is 0.704. The van der Waals surface area contributed by atoms with Crippen LogP contribution in [0.15, 0.2) is 6.07 Å². The van der Waals surface area contributed by atoms with Gasteiger partial charge in [-0.1, -0.05) is 6.92 Å². The third kappa shape index (κ3) is 4.01. The van der Waals surface area contributed by atoms with E-state index in [2.05, 4.69) is 35.4 Å². The summed E-state index contributed by atoms with van der Waals surface area (Å²) in [5, 5.41) is 7.66. The number of hydrogen-bond donors (Lipinski definition) is 1. The molecule has 0 amide bonds. The van der Waals surface area contributed by atoms with E-state index in [0.29, 0.717) is 0 Å². The van der Waals surface area contributed by atoms with Crippen molar-refractivity contribution in [3.05, 3.63) is 17.5 Å². The molecule has 0 atom stereocenters. The van der Waals surface area contributed by atoms with Crippen LogP contribution in [0.25, 0.3) is 0 Å². The Morgan fingerprint density at radius 2 is 2.27 bits per heavy atom. The molecule has 0 radical (unpaired) electrons. The van der Waals surface area contributed by atoms with Crippen molar-refractivity contribution in [1.82, 2.24) is 20.0 Å². The molecule has 1 heterocycles. The fourth-order valence-electron chi connectivity index (χ4n) is 1.61. The van der Waals surface area contributed by atoms with Crippen LogP contribution < -0.4 is 5.32 Å². The van der Waals surface area contributed by atoms with Crippen LogP contribution in [0, 0.1) is 6.92 Å². The van der Waals surface area contributed by atoms with Gasteiger partial charge in [-0.25, -0.2) is 0 Å². The Hall–Kier alpha value is -0.870. The van der Waals surface area contributed by atoms with Crippen LogP contribution >= 0.6 is 0 Å². The van der Waals surface area contributed by atoms with E-state index in [-0.39, 0.29) is 0 Å². The molecule has 0 aromatic carbocycles. The minimum absolute atomic E-state index is 0.961. The summed E-state index contributed by atoms with van der Waals surface area (Å²) < 4.78 is 1.96. The molecule has 0 fully saturated rings. The van der Waals surface area contributed by atoms with E-state index in [1.54, 1.807) is 0 Å². The number of hydrogen-bond acceptors (Lipinski definition) is 3. The van der Waals surface area contributed by atoms with E-state index in [1.165, 1.54) is 5.69 Å². The number of nitrogens with zero attached hydrogens (tertiary/aromatic N) is 3. The smallest absolute Gasteiger partial charge is 0.0597 e. The van der Waals surface area contributed by atoms with Gasteiger partial charge >= 0.3 is 0 Å². The molecule has 4 heteroatoms. The largest absolute Gasteiger partial charge is 0.316 e. The first-order valence-electron chi connectivity index (χ1n) is 5.52. The van der Waals surface area contributed by atoms with Crippen LogP contribution in [0.1, 0.15) is 18.3 Å². The molecule has 0 unspecified atom stereocenters. The van der Waals surface area contributed by atoms with Crippen molar-refractivity contribution in [3.8, 4) is 0 Å². The minimum Gasteiger partial charge on any atom is -0.316 e. The van der Waals surface area contributed by atoms with Crippen molar-refractivity contribution >= 4 is 0 Å². The highest BCUT2D eigenvalue weighted by Crippen LogP contribution is 2.04. The van der Waals surface area contributed by atoms with Gasteiger partial charge in [0.2, 0.25) is 0 Å². The van der Waals surface area contributed by atoms with Gasteiger partial charge in [0.05, 0.1) is 11.4 Å². The van der Waals surface area contributed by atoms with Gasteiger partial charge in [0.15, 0.2) is 0 Å². The molecule has 0 aliphatic rings. The molecular weight excluding hydrogens is 188 g/mol. The van der Waals surface area contributed by atoms with E-state index in [9.17, 15) is 0 Å². The predicted octanol–water partition coefficient (Wildman–Crippen LogP) is 0.770. The summed E-state index contributed by atoms with van der Waals surface area (Å²) in [6, 6.07) is 2.14. The number of nitrogens with one attached hydrogen (secondary N) is 1. The second-order valence-corrected chi connectivity index (χ2v) is 3.99. The van der Waals surface area contributed by atoms with E-state index in [4.69, 9.17) is 0 Å². The molecule has 0 aliphatic carbocycles. The lowest BCUT2D eigenvalue weighted by molar-refractivity contribution is 0.316. The highest BCUT2D eigenvalue weighted by atomic mass is 15.3. The molecule has 86 valence electrons. The Bertz CT molecular complexity index is 293. The normalized spacial score (nSPS) is 11.3. The zero-order valence-corrected chi connectivity index (χ0v) is 10.2. The van der Waals surface area contributed by atoms with Crippen LogP contribution in [0.2, 0.25) is 0 Å². The fraction of sp³-hybridized carbons (Fsp3) is 0.727. The van der Waals surface area contributed by atoms with Gasteiger partial charge in [0, 0.05) is 26.7 Å². The van der Waals surface area contributed by atoms with Crippen LogP contribution in [-0.2, 0) is 13.6 Å². The van der Waals surface area contributed by atoms with Crippen molar-refractivity contribution in [3.63, 3.8) is 0 Å². The minimum atomic E-state index is 0.961. The lowest BCUT2D eigenvalue weighted by Crippen LogP contribution is -2.29. The first-order valence-corrected chi connectivity index (χ1v) is 5.52. The second kappa shape index (κ2) is 5.88. The zero-order valence-electron chi connectivity index (χ0n) is 10.2. The van der Waals surface area contributed by atoms with Crippen molar-refractivity contribution in [2.24, 2.45) is 7.05 Å². The lowest BCUT2D eigenvalue weighted by Gasteiger charge is -2.16. The summed E-state index contributed by atoms with van der Waals surface area (Å²) in [5.74, 6) is 0. The Labute approximate surface area is 92.3 Å². The Morgan fingerprint density at radius 1 is 1.53 bits per heavy atom. The average molecular weight is 210 g/mol. The molecule has 4 nitrogen and oxygen atoms in total. The Morgan fingerprint density at radius 3 is 2.80 bits per heavy atom. The maximum Gasteiger partial charge on any atom is 0.0597 e. The number of likely N-dealkylation sites (N-methyl/N-ethyl adjacent to an activating group) is 2. The zero-order chi connectivity index (χ0) is 11.3. The van der Waals surface area contributed by atoms with Gasteiger partial charge in [-0.3, -0.25) is 9.58 Å². The molecule has 0 bridgehead atoms. The third-order valence-corrected chi connectivity index (χ3v) is 2.45. The van der Waals surface area contributed by atoms with Gasteiger partial charge in [-0.15, -0.1) is 0 Å². The molecule has 0 spiro atoms. The van der Waals surface area contributed by atoms with Crippen LogP contribution in [0.3, 0.4) is 0 Å². The summed E-state index contributed by atoms with van der Waals surface area (Å²) in [7, 11) is 4.14. The van der Waals surface area contributed by atoms with Crippen molar-refractivity contribution in [2.45, 2.75) is 20.4 Å². The molecule has 0 saturated carbocycles. The van der Waals surface area contributed by atoms with Crippen molar-refractivity contribution in [1.29, 1.82) is 0 Å². The SMILES string of the molecule is CCNCCN(C)Cc1cc(C)nn1C. The molecule has 0 aliphatic heterocycles. The Balaban J connectivity index is 2.37. The summed E-state index contributed by atoms with van der Waals surface area (Å²) in [6.45, 7) is 8.27. The first kappa shape index (κ1) is 12.2. The van der Waals surface area contributed by atoms with E-state index in [1.807, 2.05) is 18.7 Å². The van der Waals surface area contributed by atoms with Crippen LogP contribution in [0.5, 0.6) is 0 Å². The third-order valence-electron chi connectivity index (χ3n) is 2.45. The first-order chi connectivity index (χ1) is 7.13. The molecule has 1 rings (SSSR count). The summed E-state index contributed by atoms with van der Waals surface area (Å²) in [6.07, 6.45) is 0. The Kier molecular flexibility index (Phi) is 4.78. The molecule has 1 N–H and O–H groups in total. The van der Waals surface area contributed by atoms with Gasteiger partial charge in [-0.2, -0.15) is 5.10 Å². The molecule has 0 saturated heterocycles. The van der Waals surface area contributed by atoms with E-state index in [0.717, 1.165) is 31.9 Å². The highest BCUT2D eigenvalue weighted by Gasteiger charge is 2.05. The predicted molar refractivity (Wildman–Crippen MR) is 62.8 cm³/mol. The van der Waals surface area contributed by atoms with E-state index < -0.39 is 0 Å². The van der Waals surface area contributed by atoms with Gasteiger partial charge < -0.3 is 5.32 Å². The lowest BCUT2D eigenvalue weighted by atomic mass is 10.3. The maximum atomic E-state index is 4.33. The number of rotatable bonds is 6. The highest BCUT2D eigenvalue weighted by molar-refractivity contribution is 5.08. The number of aromatic nitrogens is 2. The maximum absolute atomic E-state index is 4.33. The molecule has 15 heavy (non-hydrogen) atoms. The summed E-state index contributed by atoms with van der Waals surface area (Å²) >= 11 is 0. The fourth-order valence-corrected chi connectivity index (χ4v) is 1.61.